The summed E-state index contributed by atoms with van der Waals surface area (Å²) in [6, 6.07) is 4.86. The lowest BCUT2D eigenvalue weighted by atomic mass is 9.79. The van der Waals surface area contributed by atoms with Crippen LogP contribution in [0.2, 0.25) is 0 Å². The molecule has 0 spiro atoms. The van der Waals surface area contributed by atoms with Crippen LogP contribution in [0.5, 0.6) is 0 Å². The fourth-order valence-electron chi connectivity index (χ4n) is 1.30. The van der Waals surface area contributed by atoms with Crippen molar-refractivity contribution < 1.29 is 10.0 Å². The van der Waals surface area contributed by atoms with Gasteiger partial charge >= 0.3 is 12.8 Å². The van der Waals surface area contributed by atoms with Crippen LogP contribution >= 0.6 is 0 Å². The van der Waals surface area contributed by atoms with Gasteiger partial charge in [-0.05, 0) is 6.07 Å². The third kappa shape index (κ3) is 1.26. The van der Waals surface area contributed by atoms with Gasteiger partial charge in [-0.3, -0.25) is 0 Å². The van der Waals surface area contributed by atoms with E-state index in [2.05, 4.69) is 9.97 Å². The summed E-state index contributed by atoms with van der Waals surface area (Å²) in [4.78, 5) is 15.9. The molecule has 1 heterocycles. The highest BCUT2D eigenvalue weighted by atomic mass is 16.4. The molecule has 0 fully saturated rings. The second-order valence-electron chi connectivity index (χ2n) is 2.72. The number of aromatic nitrogens is 2. The monoisotopic (exact) mass is 178 g/mol. The fraction of sp³-hybridized carbons (Fsp3) is 0. The van der Waals surface area contributed by atoms with Crippen LogP contribution in [-0.2, 0) is 0 Å². The number of benzene rings is 1. The first-order valence-electron chi connectivity index (χ1n) is 3.75. The first kappa shape index (κ1) is 8.09. The van der Waals surface area contributed by atoms with Gasteiger partial charge in [0.1, 0.15) is 0 Å². The fourth-order valence-corrected chi connectivity index (χ4v) is 1.30. The van der Waals surface area contributed by atoms with Crippen LogP contribution < -0.4 is 11.2 Å². The first-order valence-corrected chi connectivity index (χ1v) is 3.75. The van der Waals surface area contributed by atoms with E-state index in [-0.39, 0.29) is 11.2 Å². The summed E-state index contributed by atoms with van der Waals surface area (Å²) >= 11 is 0. The van der Waals surface area contributed by atoms with E-state index in [0.717, 1.165) is 0 Å². The Balaban J connectivity index is 2.82. The minimum atomic E-state index is -1.57. The van der Waals surface area contributed by atoms with Crippen molar-refractivity contribution in [1.82, 2.24) is 9.97 Å². The van der Waals surface area contributed by atoms with Crippen molar-refractivity contribution >= 4 is 23.6 Å². The van der Waals surface area contributed by atoms with E-state index in [1.807, 2.05) is 0 Å². The highest BCUT2D eigenvalue weighted by Gasteiger charge is 2.15. The quantitative estimate of drug-likeness (QED) is 0.402. The molecule has 5 nitrogen and oxygen atoms in total. The lowest BCUT2D eigenvalue weighted by Gasteiger charge is -1.98. The highest BCUT2D eigenvalue weighted by Crippen LogP contribution is 2.02. The van der Waals surface area contributed by atoms with Crippen LogP contribution in [0.1, 0.15) is 0 Å². The topological polar surface area (TPSA) is 89.1 Å². The predicted octanol–water partition coefficient (Wildman–Crippen LogP) is -1.46. The van der Waals surface area contributed by atoms with Crippen molar-refractivity contribution in [3.8, 4) is 0 Å². The van der Waals surface area contributed by atoms with Crippen LogP contribution in [0.15, 0.2) is 23.0 Å². The van der Waals surface area contributed by atoms with E-state index in [1.165, 1.54) is 6.07 Å². The van der Waals surface area contributed by atoms with Crippen molar-refractivity contribution in [2.75, 3.05) is 0 Å². The summed E-state index contributed by atoms with van der Waals surface area (Å²) in [7, 11) is -1.57. The van der Waals surface area contributed by atoms with Crippen LogP contribution in [0, 0.1) is 0 Å². The van der Waals surface area contributed by atoms with E-state index in [4.69, 9.17) is 10.0 Å². The summed E-state index contributed by atoms with van der Waals surface area (Å²) in [6.07, 6.45) is 0. The van der Waals surface area contributed by atoms with E-state index >= 15 is 0 Å². The smallest absolute Gasteiger partial charge is 0.423 e. The molecular weight excluding hydrogens is 171 g/mol. The average molecular weight is 178 g/mol. The second kappa shape index (κ2) is 2.76. The Morgan fingerprint density at radius 1 is 1.23 bits per heavy atom. The summed E-state index contributed by atoms with van der Waals surface area (Å²) in [5, 5.41) is 17.9. The number of para-hydroxylation sites is 1. The van der Waals surface area contributed by atoms with Gasteiger partial charge in [0.2, 0.25) is 0 Å². The molecule has 2 aromatic rings. The van der Waals surface area contributed by atoms with Gasteiger partial charge in [0.05, 0.1) is 11.0 Å². The molecule has 0 aliphatic heterocycles. The van der Waals surface area contributed by atoms with Crippen molar-refractivity contribution in [2.45, 2.75) is 0 Å². The van der Waals surface area contributed by atoms with Gasteiger partial charge in [0, 0.05) is 5.46 Å². The number of fused-ring (bicyclic) bond motifs is 1. The molecule has 0 aliphatic carbocycles. The molecule has 1 aromatic carbocycles. The van der Waals surface area contributed by atoms with Gasteiger partial charge in [0.15, 0.2) is 0 Å². The van der Waals surface area contributed by atoms with E-state index in [1.54, 1.807) is 12.1 Å². The molecule has 0 saturated carbocycles. The largest absolute Gasteiger partial charge is 0.490 e. The zero-order valence-electron chi connectivity index (χ0n) is 6.61. The highest BCUT2D eigenvalue weighted by molar-refractivity contribution is 6.61. The molecule has 0 bridgehead atoms. The Labute approximate surface area is 73.2 Å². The maximum absolute atomic E-state index is 10.9. The molecule has 0 atom stereocenters. The molecule has 66 valence electrons. The molecule has 0 unspecified atom stereocenters. The SMILES string of the molecule is O=c1[nH]c2cccc(B(O)O)c2[nH]1. The molecule has 13 heavy (non-hydrogen) atoms. The number of nitrogens with one attached hydrogen (secondary N) is 2. The lowest BCUT2D eigenvalue weighted by molar-refractivity contribution is 0.426. The second-order valence-corrected chi connectivity index (χ2v) is 2.72. The Hall–Kier alpha value is -1.53. The summed E-state index contributed by atoms with van der Waals surface area (Å²) in [6.45, 7) is 0. The van der Waals surface area contributed by atoms with Crippen molar-refractivity contribution in [3.63, 3.8) is 0 Å². The zero-order chi connectivity index (χ0) is 9.42. The number of H-pyrrole nitrogens is 2. The van der Waals surface area contributed by atoms with Gasteiger partial charge in [-0.15, -0.1) is 0 Å². The minimum Gasteiger partial charge on any atom is -0.423 e. The molecular formula is C7H7BN2O3. The molecule has 0 saturated heterocycles. The number of imidazole rings is 1. The number of aromatic amines is 2. The van der Waals surface area contributed by atoms with E-state index < -0.39 is 7.12 Å². The summed E-state index contributed by atoms with van der Waals surface area (Å²) in [5.74, 6) is 0. The molecule has 6 heteroatoms. The van der Waals surface area contributed by atoms with Gasteiger partial charge in [-0.25, -0.2) is 4.79 Å². The zero-order valence-corrected chi connectivity index (χ0v) is 6.61. The minimum absolute atomic E-state index is 0.288. The van der Waals surface area contributed by atoms with Gasteiger partial charge in [-0.1, -0.05) is 12.1 Å². The Bertz CT molecular complexity index is 488. The Kier molecular flexibility index (Phi) is 1.71. The van der Waals surface area contributed by atoms with E-state index in [9.17, 15) is 4.79 Å². The maximum atomic E-state index is 10.9. The normalized spacial score (nSPS) is 10.6. The molecule has 0 aliphatic rings. The van der Waals surface area contributed by atoms with Crippen LogP contribution in [0.25, 0.3) is 11.0 Å². The Morgan fingerprint density at radius 2 is 2.00 bits per heavy atom. The van der Waals surface area contributed by atoms with Crippen molar-refractivity contribution in [1.29, 1.82) is 0 Å². The molecule has 0 amide bonds. The van der Waals surface area contributed by atoms with Gasteiger partial charge in [0.25, 0.3) is 0 Å². The van der Waals surface area contributed by atoms with Gasteiger partial charge in [-0.2, -0.15) is 0 Å². The first-order chi connectivity index (χ1) is 6.18. The number of rotatable bonds is 1. The number of hydrogen-bond donors (Lipinski definition) is 4. The van der Waals surface area contributed by atoms with E-state index in [0.29, 0.717) is 11.0 Å². The van der Waals surface area contributed by atoms with Crippen LogP contribution in [0.4, 0.5) is 0 Å². The molecule has 2 rings (SSSR count). The third-order valence-corrected chi connectivity index (χ3v) is 1.86. The molecule has 4 N–H and O–H groups in total. The van der Waals surface area contributed by atoms with Gasteiger partial charge < -0.3 is 20.0 Å². The maximum Gasteiger partial charge on any atom is 0.490 e. The molecule has 1 aromatic heterocycles. The summed E-state index contributed by atoms with van der Waals surface area (Å²) < 4.78 is 0. The molecule has 0 radical (unpaired) electrons. The van der Waals surface area contributed by atoms with Crippen molar-refractivity contribution in [3.05, 3.63) is 28.7 Å². The van der Waals surface area contributed by atoms with Crippen molar-refractivity contribution in [2.24, 2.45) is 0 Å². The Morgan fingerprint density at radius 3 is 2.69 bits per heavy atom. The van der Waals surface area contributed by atoms with Crippen LogP contribution in [-0.4, -0.2) is 27.1 Å². The lowest BCUT2D eigenvalue weighted by Crippen LogP contribution is -2.30. The third-order valence-electron chi connectivity index (χ3n) is 1.86. The van der Waals surface area contributed by atoms with Crippen LogP contribution in [0.3, 0.4) is 0 Å². The summed E-state index contributed by atoms with van der Waals surface area (Å²) in [5.41, 5.74) is 0.928. The number of hydrogen-bond acceptors (Lipinski definition) is 3. The average Bonchev–Trinajstić information content (AvgIpc) is 2.43. The standard InChI is InChI=1S/C7H7BN2O3/c11-7-9-5-3-1-2-4(8(12)13)6(5)10-7/h1-3,12-13H,(H2,9,10,11). The predicted molar refractivity (Wildman–Crippen MR) is 48.7 cm³/mol.